The highest BCUT2D eigenvalue weighted by molar-refractivity contribution is 6.30. The van der Waals surface area contributed by atoms with Crippen molar-refractivity contribution in [1.29, 1.82) is 0 Å². The molecule has 1 saturated heterocycles. The summed E-state index contributed by atoms with van der Waals surface area (Å²) in [6.07, 6.45) is 0.376. The number of nitrogens with zero attached hydrogens (tertiary/aromatic N) is 1. The standard InChI is InChI=1S/C20H24ClNO6/c1-20(2,19(26)27)10-17(24)22-11-15(23)6-4-12(18(22)25)8-13-9-14(21)5-7-16(13)28-3/h5,7,9,12H,4,6,8,10-11H2,1-3H3,(H,26,27). The van der Waals surface area contributed by atoms with E-state index in [2.05, 4.69) is 0 Å². The maximum absolute atomic E-state index is 13.0. The zero-order valence-corrected chi connectivity index (χ0v) is 16.9. The Balaban J connectivity index is 2.26. The molecule has 1 aromatic carbocycles. The number of carboxylic acid groups (broad SMARTS) is 1. The number of halogens is 1. The number of carboxylic acids is 1. The quantitative estimate of drug-likeness (QED) is 0.775. The fourth-order valence-electron chi connectivity index (χ4n) is 3.13. The molecule has 7 nitrogen and oxygen atoms in total. The van der Waals surface area contributed by atoms with E-state index in [-0.39, 0.29) is 31.6 Å². The summed E-state index contributed by atoms with van der Waals surface area (Å²) >= 11 is 6.05. The van der Waals surface area contributed by atoms with Gasteiger partial charge in [-0.05, 0) is 50.5 Å². The van der Waals surface area contributed by atoms with E-state index in [1.54, 1.807) is 18.2 Å². The van der Waals surface area contributed by atoms with E-state index >= 15 is 0 Å². The Morgan fingerprint density at radius 1 is 1.32 bits per heavy atom. The van der Waals surface area contributed by atoms with Gasteiger partial charge in [0.2, 0.25) is 11.8 Å². The number of benzene rings is 1. The molecule has 1 atom stereocenters. The van der Waals surface area contributed by atoms with E-state index in [1.165, 1.54) is 21.0 Å². The third-order valence-corrected chi connectivity index (χ3v) is 5.14. The lowest BCUT2D eigenvalue weighted by Gasteiger charge is -2.26. The van der Waals surface area contributed by atoms with E-state index in [0.29, 0.717) is 22.8 Å². The van der Waals surface area contributed by atoms with Crippen LogP contribution in [0.5, 0.6) is 5.75 Å². The topological polar surface area (TPSA) is 101 Å². The first-order chi connectivity index (χ1) is 13.0. The molecule has 1 aliphatic heterocycles. The lowest BCUT2D eigenvalue weighted by Crippen LogP contribution is -2.44. The number of carbonyl (C=O) groups is 4. The van der Waals surface area contributed by atoms with Crippen LogP contribution >= 0.6 is 11.6 Å². The molecule has 8 heteroatoms. The third-order valence-electron chi connectivity index (χ3n) is 4.90. The second-order valence-corrected chi connectivity index (χ2v) is 8.05. The van der Waals surface area contributed by atoms with Gasteiger partial charge < -0.3 is 9.84 Å². The predicted molar refractivity (Wildman–Crippen MR) is 102 cm³/mol. The third kappa shape index (κ3) is 5.10. The summed E-state index contributed by atoms with van der Waals surface area (Å²) in [7, 11) is 1.51. The number of methoxy groups -OCH3 is 1. The van der Waals surface area contributed by atoms with Crippen molar-refractivity contribution in [3.8, 4) is 5.75 Å². The van der Waals surface area contributed by atoms with Crippen LogP contribution in [0.4, 0.5) is 0 Å². The molecular formula is C20H24ClNO6. The number of amides is 2. The van der Waals surface area contributed by atoms with Crippen LogP contribution in [0.1, 0.15) is 38.7 Å². The minimum Gasteiger partial charge on any atom is -0.496 e. The van der Waals surface area contributed by atoms with Crippen LogP contribution in [0, 0.1) is 11.3 Å². The first-order valence-corrected chi connectivity index (χ1v) is 9.34. The molecule has 1 aromatic rings. The van der Waals surface area contributed by atoms with Crippen LogP contribution in [-0.2, 0) is 25.6 Å². The Morgan fingerprint density at radius 2 is 2.00 bits per heavy atom. The second-order valence-electron chi connectivity index (χ2n) is 7.62. The van der Waals surface area contributed by atoms with Crippen molar-refractivity contribution in [2.24, 2.45) is 11.3 Å². The second kappa shape index (κ2) is 8.73. The van der Waals surface area contributed by atoms with Crippen molar-refractivity contribution < 1.29 is 29.0 Å². The van der Waals surface area contributed by atoms with E-state index in [9.17, 15) is 24.3 Å². The van der Waals surface area contributed by atoms with Gasteiger partial charge in [0.05, 0.1) is 19.1 Å². The number of imide groups is 1. The number of rotatable bonds is 6. The minimum atomic E-state index is -1.33. The van der Waals surface area contributed by atoms with Gasteiger partial charge in [-0.1, -0.05) is 11.6 Å². The lowest BCUT2D eigenvalue weighted by atomic mass is 9.88. The highest BCUT2D eigenvalue weighted by Gasteiger charge is 2.38. The number of carbonyl (C=O) groups excluding carboxylic acids is 3. The molecular weight excluding hydrogens is 386 g/mol. The SMILES string of the molecule is COc1ccc(Cl)cc1CC1CCC(=O)CN(C(=O)CC(C)(C)C(=O)O)C1=O. The van der Waals surface area contributed by atoms with Crippen LogP contribution in [-0.4, -0.2) is 47.2 Å². The molecule has 0 spiro atoms. The van der Waals surface area contributed by atoms with E-state index in [0.717, 1.165) is 4.90 Å². The van der Waals surface area contributed by atoms with Gasteiger partial charge in [-0.25, -0.2) is 0 Å². The summed E-state index contributed by atoms with van der Waals surface area (Å²) < 4.78 is 5.31. The first-order valence-electron chi connectivity index (χ1n) is 8.97. The predicted octanol–water partition coefficient (Wildman–Crippen LogP) is 2.73. The molecule has 2 amide bonds. The monoisotopic (exact) mass is 409 g/mol. The summed E-state index contributed by atoms with van der Waals surface area (Å²) in [4.78, 5) is 50.0. The average Bonchev–Trinajstić information content (AvgIpc) is 2.75. The van der Waals surface area contributed by atoms with E-state index < -0.39 is 29.1 Å². The molecule has 0 aromatic heterocycles. The Hall–Kier alpha value is -2.41. The van der Waals surface area contributed by atoms with Crippen molar-refractivity contribution >= 4 is 35.2 Å². The van der Waals surface area contributed by atoms with Crippen LogP contribution < -0.4 is 4.74 Å². The van der Waals surface area contributed by atoms with Gasteiger partial charge >= 0.3 is 5.97 Å². The summed E-state index contributed by atoms with van der Waals surface area (Å²) in [5, 5.41) is 9.73. The Morgan fingerprint density at radius 3 is 2.61 bits per heavy atom. The number of ether oxygens (including phenoxy) is 1. The molecule has 1 unspecified atom stereocenters. The van der Waals surface area contributed by atoms with Gasteiger partial charge in [-0.3, -0.25) is 24.1 Å². The fraction of sp³-hybridized carbons (Fsp3) is 0.500. The summed E-state index contributed by atoms with van der Waals surface area (Å²) in [5.41, 5.74) is -0.626. The maximum Gasteiger partial charge on any atom is 0.309 e. The van der Waals surface area contributed by atoms with Crippen LogP contribution in [0.25, 0.3) is 0 Å². The van der Waals surface area contributed by atoms with Gasteiger partial charge in [0.15, 0.2) is 5.78 Å². The zero-order valence-electron chi connectivity index (χ0n) is 16.2. The number of Topliss-reactive ketones (excluding diaryl/α,β-unsaturated/α-hetero) is 1. The summed E-state index contributed by atoms with van der Waals surface area (Å²) in [5.74, 6) is -2.53. The highest BCUT2D eigenvalue weighted by Crippen LogP contribution is 2.30. The molecule has 2 rings (SSSR count). The largest absolute Gasteiger partial charge is 0.496 e. The molecule has 1 fully saturated rings. The average molecular weight is 410 g/mol. The number of hydrogen-bond acceptors (Lipinski definition) is 5. The smallest absolute Gasteiger partial charge is 0.309 e. The number of aliphatic carboxylic acids is 1. The first kappa shape index (κ1) is 21.9. The van der Waals surface area contributed by atoms with Gasteiger partial charge in [0.25, 0.3) is 0 Å². The molecule has 0 bridgehead atoms. The van der Waals surface area contributed by atoms with Crippen molar-refractivity contribution in [2.75, 3.05) is 13.7 Å². The molecule has 1 heterocycles. The normalized spacial score (nSPS) is 18.0. The Labute approximate surface area is 168 Å². The molecule has 0 saturated carbocycles. The van der Waals surface area contributed by atoms with Gasteiger partial charge in [-0.15, -0.1) is 0 Å². The van der Waals surface area contributed by atoms with Gasteiger partial charge in [-0.2, -0.15) is 0 Å². The van der Waals surface area contributed by atoms with Crippen molar-refractivity contribution in [3.05, 3.63) is 28.8 Å². The molecule has 28 heavy (non-hydrogen) atoms. The number of ketones is 1. The molecule has 1 N–H and O–H groups in total. The van der Waals surface area contributed by atoms with Crippen molar-refractivity contribution in [3.63, 3.8) is 0 Å². The molecule has 152 valence electrons. The number of hydrogen-bond donors (Lipinski definition) is 1. The van der Waals surface area contributed by atoms with Crippen LogP contribution in [0.3, 0.4) is 0 Å². The summed E-state index contributed by atoms with van der Waals surface area (Å²) in [6, 6.07) is 5.06. The van der Waals surface area contributed by atoms with Crippen molar-refractivity contribution in [1.82, 2.24) is 4.90 Å². The van der Waals surface area contributed by atoms with Crippen LogP contribution in [0.2, 0.25) is 5.02 Å². The zero-order chi connectivity index (χ0) is 21.1. The highest BCUT2D eigenvalue weighted by atomic mass is 35.5. The Kier molecular flexibility index (Phi) is 6.82. The van der Waals surface area contributed by atoms with E-state index in [4.69, 9.17) is 16.3 Å². The minimum absolute atomic E-state index is 0.172. The van der Waals surface area contributed by atoms with Gasteiger partial charge in [0, 0.05) is 23.8 Å². The molecule has 1 aliphatic rings. The van der Waals surface area contributed by atoms with Crippen LogP contribution in [0.15, 0.2) is 18.2 Å². The summed E-state index contributed by atoms with van der Waals surface area (Å²) in [6.45, 7) is 2.49. The maximum atomic E-state index is 13.0. The molecule has 0 radical (unpaired) electrons. The lowest BCUT2D eigenvalue weighted by molar-refractivity contribution is -0.155. The fourth-order valence-corrected chi connectivity index (χ4v) is 3.33. The van der Waals surface area contributed by atoms with Crippen molar-refractivity contribution in [2.45, 2.75) is 39.5 Å². The molecule has 0 aliphatic carbocycles. The van der Waals surface area contributed by atoms with Gasteiger partial charge in [0.1, 0.15) is 5.75 Å². The van der Waals surface area contributed by atoms with E-state index in [1.807, 2.05) is 0 Å². The number of likely N-dealkylation sites (tertiary alicyclic amines) is 1. The Bertz CT molecular complexity index is 804.